The van der Waals surface area contributed by atoms with E-state index in [4.69, 9.17) is 14.9 Å². The molecule has 10 heteroatoms. The number of ether oxygens (including phenoxy) is 1. The summed E-state index contributed by atoms with van der Waals surface area (Å²) in [6.07, 6.45) is 13.5. The van der Waals surface area contributed by atoms with Gasteiger partial charge in [-0.3, -0.25) is 13.8 Å². The van der Waals surface area contributed by atoms with E-state index < -0.39 is 45.8 Å². The number of hydrogen-bond donors (Lipinski definition) is 4. The highest BCUT2D eigenvalue weighted by Gasteiger charge is 2.24. The number of carbonyl (C=O) groups excluding carboxylic acids is 1. The number of rotatable bonds is 23. The van der Waals surface area contributed by atoms with E-state index in [1.807, 2.05) is 0 Å². The van der Waals surface area contributed by atoms with Crippen molar-refractivity contribution in [2.24, 2.45) is 0 Å². The van der Waals surface area contributed by atoms with Crippen molar-refractivity contribution < 1.29 is 43.4 Å². The van der Waals surface area contributed by atoms with E-state index in [1.54, 1.807) is 0 Å². The molecule has 0 aromatic rings. The van der Waals surface area contributed by atoms with Crippen LogP contribution in [-0.2, 0) is 23.1 Å². The fourth-order valence-corrected chi connectivity index (χ4v) is 3.84. The van der Waals surface area contributed by atoms with Crippen LogP contribution in [0.15, 0.2) is 0 Å². The van der Waals surface area contributed by atoms with Crippen molar-refractivity contribution in [1.29, 1.82) is 0 Å². The highest BCUT2D eigenvalue weighted by molar-refractivity contribution is 7.47. The quantitative estimate of drug-likeness (QED) is 0.0965. The lowest BCUT2D eigenvalue weighted by Crippen LogP contribution is -2.24. The third-order valence-electron chi connectivity index (χ3n) is 4.99. The van der Waals surface area contributed by atoms with E-state index in [-0.39, 0.29) is 13.0 Å². The van der Waals surface area contributed by atoms with Crippen LogP contribution in [0.4, 0.5) is 0 Å². The first-order valence-corrected chi connectivity index (χ1v) is 13.5. The molecule has 0 bridgehead atoms. The van der Waals surface area contributed by atoms with Crippen LogP contribution in [0.2, 0.25) is 0 Å². The van der Waals surface area contributed by atoms with Gasteiger partial charge in [-0.2, -0.15) is 0 Å². The fraction of sp³-hybridized carbons (Fsp3) is 0.955. The molecule has 0 fully saturated rings. The van der Waals surface area contributed by atoms with Gasteiger partial charge in [-0.05, 0) is 6.42 Å². The molecule has 1 unspecified atom stereocenters. The lowest BCUT2D eigenvalue weighted by atomic mass is 10.0. The van der Waals surface area contributed by atoms with Crippen LogP contribution >= 0.6 is 7.82 Å². The Morgan fingerprint density at radius 2 is 1.19 bits per heavy atom. The summed E-state index contributed by atoms with van der Waals surface area (Å²) < 4.78 is 25.5. The highest BCUT2D eigenvalue weighted by atomic mass is 31.2. The summed E-state index contributed by atoms with van der Waals surface area (Å²) in [5, 5.41) is 27.4. The van der Waals surface area contributed by atoms with Crippen LogP contribution < -0.4 is 0 Å². The van der Waals surface area contributed by atoms with Crippen molar-refractivity contribution in [3.8, 4) is 0 Å². The third-order valence-corrected chi connectivity index (χ3v) is 5.94. The molecule has 32 heavy (non-hydrogen) atoms. The number of unbranched alkanes of at least 4 members (excludes halogenated alkanes) is 12. The zero-order valence-corrected chi connectivity index (χ0v) is 20.6. The Labute approximate surface area is 193 Å². The van der Waals surface area contributed by atoms with Crippen molar-refractivity contribution in [3.63, 3.8) is 0 Å². The zero-order valence-electron chi connectivity index (χ0n) is 19.7. The van der Waals surface area contributed by atoms with E-state index in [1.165, 1.54) is 64.2 Å². The second-order valence-corrected chi connectivity index (χ2v) is 9.68. The van der Waals surface area contributed by atoms with Crippen molar-refractivity contribution in [2.45, 2.75) is 109 Å². The Balaban J connectivity index is 3.54. The summed E-state index contributed by atoms with van der Waals surface area (Å²) in [6.45, 7) is 0.0932. The summed E-state index contributed by atoms with van der Waals surface area (Å²) in [5.41, 5.74) is 0. The van der Waals surface area contributed by atoms with Crippen molar-refractivity contribution >= 4 is 13.8 Å². The molecule has 9 nitrogen and oxygen atoms in total. The highest BCUT2D eigenvalue weighted by Crippen LogP contribution is 2.43. The molecule has 0 aliphatic heterocycles. The maximum Gasteiger partial charge on any atom is 0.472 e. The Morgan fingerprint density at radius 1 is 0.750 bits per heavy atom. The maximum absolute atomic E-state index is 11.7. The number of aliphatic hydroxyl groups is 3. The number of phosphoric ester groups is 1. The molecule has 0 aromatic heterocycles. The SMILES string of the molecule is CCCCCCCCCCCCCCCC(=O)OC[C@@H](O)COP(=O)(O)OC[C@@H](O)CO. The number of esters is 1. The Morgan fingerprint density at radius 3 is 1.66 bits per heavy atom. The number of carbonyl (C=O) groups is 1. The van der Waals surface area contributed by atoms with Crippen LogP contribution in [0.5, 0.6) is 0 Å². The molecule has 4 N–H and O–H groups in total. The minimum Gasteiger partial charge on any atom is -0.463 e. The molecule has 0 rings (SSSR count). The lowest BCUT2D eigenvalue weighted by molar-refractivity contribution is -0.147. The van der Waals surface area contributed by atoms with Crippen molar-refractivity contribution in [1.82, 2.24) is 0 Å². The van der Waals surface area contributed by atoms with E-state index >= 15 is 0 Å². The summed E-state index contributed by atoms with van der Waals surface area (Å²) >= 11 is 0. The number of aliphatic hydroxyl groups excluding tert-OH is 3. The van der Waals surface area contributed by atoms with Crippen molar-refractivity contribution in [3.05, 3.63) is 0 Å². The average molecular weight is 485 g/mol. The molecule has 0 radical (unpaired) electrons. The normalized spacial score (nSPS) is 15.3. The van der Waals surface area contributed by atoms with Crippen LogP contribution in [0.3, 0.4) is 0 Å². The largest absolute Gasteiger partial charge is 0.472 e. The van der Waals surface area contributed by atoms with Gasteiger partial charge in [-0.1, -0.05) is 84.0 Å². The summed E-state index contributed by atoms with van der Waals surface area (Å²) in [5.74, 6) is -0.429. The van der Waals surface area contributed by atoms with Gasteiger partial charge in [0, 0.05) is 6.42 Å². The molecular weight excluding hydrogens is 439 g/mol. The molecule has 0 aromatic carbocycles. The van der Waals surface area contributed by atoms with Crippen LogP contribution in [0.25, 0.3) is 0 Å². The third kappa shape index (κ3) is 21.3. The predicted molar refractivity (Wildman–Crippen MR) is 122 cm³/mol. The first-order chi connectivity index (χ1) is 15.3. The molecule has 3 atom stereocenters. The van der Waals surface area contributed by atoms with Crippen LogP contribution in [0.1, 0.15) is 96.8 Å². The summed E-state index contributed by atoms with van der Waals surface area (Å²) in [4.78, 5) is 21.1. The predicted octanol–water partition coefficient (Wildman–Crippen LogP) is 3.86. The Hall–Kier alpha value is -0.540. The molecule has 0 saturated carbocycles. The average Bonchev–Trinajstić information content (AvgIpc) is 2.77. The van der Waals surface area contributed by atoms with E-state index in [2.05, 4.69) is 16.0 Å². The molecule has 0 saturated heterocycles. The lowest BCUT2D eigenvalue weighted by Gasteiger charge is -2.16. The zero-order chi connectivity index (χ0) is 24.1. The molecule has 0 aliphatic rings. The van der Waals surface area contributed by atoms with Gasteiger partial charge in [0.1, 0.15) is 18.8 Å². The monoisotopic (exact) mass is 484 g/mol. The smallest absolute Gasteiger partial charge is 0.463 e. The van der Waals surface area contributed by atoms with Gasteiger partial charge < -0.3 is 24.9 Å². The molecule has 0 aliphatic carbocycles. The second-order valence-electron chi connectivity index (χ2n) is 8.23. The Bertz CT molecular complexity index is 490. The van der Waals surface area contributed by atoms with E-state index in [0.717, 1.165) is 19.3 Å². The number of hydrogen-bond acceptors (Lipinski definition) is 8. The van der Waals surface area contributed by atoms with Crippen LogP contribution in [-0.4, -0.2) is 64.8 Å². The van der Waals surface area contributed by atoms with Gasteiger partial charge in [0.25, 0.3) is 0 Å². The topological polar surface area (TPSA) is 143 Å². The Kier molecular flexibility index (Phi) is 20.7. The molecule has 192 valence electrons. The van der Waals surface area contributed by atoms with Gasteiger partial charge in [-0.15, -0.1) is 0 Å². The fourth-order valence-electron chi connectivity index (χ4n) is 3.05. The summed E-state index contributed by atoms with van der Waals surface area (Å²) in [6, 6.07) is 0. The minimum absolute atomic E-state index is 0.270. The van der Waals surface area contributed by atoms with Gasteiger partial charge >= 0.3 is 13.8 Å². The van der Waals surface area contributed by atoms with Gasteiger partial charge in [0.05, 0.1) is 19.8 Å². The van der Waals surface area contributed by atoms with Crippen molar-refractivity contribution in [2.75, 3.05) is 26.4 Å². The summed E-state index contributed by atoms with van der Waals surface area (Å²) in [7, 11) is -4.48. The first-order valence-electron chi connectivity index (χ1n) is 12.0. The molecular formula is C22H45O9P. The second kappa shape index (κ2) is 21.0. The maximum atomic E-state index is 11.7. The standard InChI is InChI=1S/C22H45O9P/c1-2-3-4-5-6-7-8-9-10-11-12-13-14-15-22(26)29-17-21(25)19-31-32(27,28)30-18-20(24)16-23/h20-21,23-25H,2-19H2,1H3,(H,27,28)/t20-,21+/m0/s1. The van der Waals surface area contributed by atoms with Gasteiger partial charge in [-0.25, -0.2) is 4.57 Å². The molecule has 0 spiro atoms. The van der Waals surface area contributed by atoms with Gasteiger partial charge in [0.2, 0.25) is 0 Å². The number of phosphoric acid groups is 1. The molecule has 0 amide bonds. The van der Waals surface area contributed by atoms with E-state index in [0.29, 0.717) is 0 Å². The molecule has 0 heterocycles. The first kappa shape index (κ1) is 31.5. The van der Waals surface area contributed by atoms with E-state index in [9.17, 15) is 19.4 Å². The van der Waals surface area contributed by atoms with Crippen LogP contribution in [0, 0.1) is 0 Å². The minimum atomic E-state index is -4.48. The van der Waals surface area contributed by atoms with Gasteiger partial charge in [0.15, 0.2) is 0 Å².